The van der Waals surface area contributed by atoms with Gasteiger partial charge in [-0.3, -0.25) is 0 Å². The third-order valence-corrected chi connectivity index (χ3v) is 2.68. The number of aromatic nitrogens is 2. The van der Waals surface area contributed by atoms with E-state index >= 15 is 0 Å². The second-order valence-electron chi connectivity index (χ2n) is 3.94. The van der Waals surface area contributed by atoms with E-state index in [4.69, 9.17) is 4.74 Å². The van der Waals surface area contributed by atoms with Crippen LogP contribution in [0.1, 0.15) is 26.5 Å². The highest BCUT2D eigenvalue weighted by Gasteiger charge is 2.06. The number of ether oxygens (including phenoxy) is 1. The van der Waals surface area contributed by atoms with Gasteiger partial charge in [0.25, 0.3) is 0 Å². The zero-order valence-electron chi connectivity index (χ0n) is 11.6. The van der Waals surface area contributed by atoms with Gasteiger partial charge in [-0.15, -0.1) is 5.10 Å². The fraction of sp³-hybridized carbons (Fsp3) is 0.692. The largest absolute Gasteiger partial charge is 0.380 e. The SMILES string of the molecule is CCNCc1ccc(N(CC)CCOCC)nn1. The van der Waals surface area contributed by atoms with E-state index in [2.05, 4.69) is 34.3 Å². The van der Waals surface area contributed by atoms with Crippen molar-refractivity contribution in [3.8, 4) is 0 Å². The minimum absolute atomic E-state index is 0.727. The molecule has 5 nitrogen and oxygen atoms in total. The Morgan fingerprint density at radius 3 is 2.61 bits per heavy atom. The summed E-state index contributed by atoms with van der Waals surface area (Å²) in [5, 5.41) is 11.7. The van der Waals surface area contributed by atoms with Crippen LogP contribution in [0.15, 0.2) is 12.1 Å². The molecule has 18 heavy (non-hydrogen) atoms. The molecule has 1 rings (SSSR count). The van der Waals surface area contributed by atoms with Crippen LogP contribution >= 0.6 is 0 Å². The Labute approximate surface area is 110 Å². The third kappa shape index (κ3) is 4.98. The minimum atomic E-state index is 0.727. The Kier molecular flexibility index (Phi) is 7.29. The fourth-order valence-electron chi connectivity index (χ4n) is 1.62. The first-order chi connectivity index (χ1) is 8.81. The van der Waals surface area contributed by atoms with Crippen molar-refractivity contribution in [1.29, 1.82) is 0 Å². The van der Waals surface area contributed by atoms with Crippen LogP contribution in [-0.4, -0.2) is 43.0 Å². The van der Waals surface area contributed by atoms with Crippen LogP contribution in [0.3, 0.4) is 0 Å². The van der Waals surface area contributed by atoms with Crippen molar-refractivity contribution in [2.24, 2.45) is 0 Å². The molecule has 0 aliphatic heterocycles. The van der Waals surface area contributed by atoms with Gasteiger partial charge in [-0.1, -0.05) is 6.92 Å². The molecular weight excluding hydrogens is 228 g/mol. The second kappa shape index (κ2) is 8.83. The Morgan fingerprint density at radius 1 is 1.22 bits per heavy atom. The summed E-state index contributed by atoms with van der Waals surface area (Å²) in [4.78, 5) is 2.17. The van der Waals surface area contributed by atoms with Crippen molar-refractivity contribution in [3.05, 3.63) is 17.8 Å². The number of rotatable bonds is 9. The van der Waals surface area contributed by atoms with Gasteiger partial charge in [0, 0.05) is 26.2 Å². The second-order valence-corrected chi connectivity index (χ2v) is 3.94. The van der Waals surface area contributed by atoms with Crippen LogP contribution in [0, 0.1) is 0 Å². The van der Waals surface area contributed by atoms with Gasteiger partial charge in [-0.2, -0.15) is 5.10 Å². The molecule has 0 aliphatic rings. The molecule has 102 valence electrons. The Hall–Kier alpha value is -1.20. The molecule has 0 atom stereocenters. The average Bonchev–Trinajstić information content (AvgIpc) is 2.42. The summed E-state index contributed by atoms with van der Waals surface area (Å²) >= 11 is 0. The van der Waals surface area contributed by atoms with E-state index in [1.807, 2.05) is 19.1 Å². The molecule has 1 aromatic heterocycles. The average molecular weight is 252 g/mol. The van der Waals surface area contributed by atoms with Gasteiger partial charge in [0.05, 0.1) is 12.3 Å². The molecule has 0 fully saturated rings. The molecule has 0 aliphatic carbocycles. The zero-order valence-corrected chi connectivity index (χ0v) is 11.6. The molecule has 0 radical (unpaired) electrons. The zero-order chi connectivity index (χ0) is 13.2. The van der Waals surface area contributed by atoms with E-state index in [-0.39, 0.29) is 0 Å². The standard InChI is InChI=1S/C13H24N4O/c1-4-14-11-12-7-8-13(16-15-12)17(5-2)9-10-18-6-3/h7-8,14H,4-6,9-11H2,1-3H3. The molecule has 0 spiro atoms. The number of nitrogens with one attached hydrogen (secondary N) is 1. The fourth-order valence-corrected chi connectivity index (χ4v) is 1.62. The first kappa shape index (κ1) is 14.9. The summed E-state index contributed by atoms with van der Waals surface area (Å²) in [6, 6.07) is 4.05. The highest BCUT2D eigenvalue weighted by atomic mass is 16.5. The smallest absolute Gasteiger partial charge is 0.151 e. The van der Waals surface area contributed by atoms with E-state index < -0.39 is 0 Å². The van der Waals surface area contributed by atoms with Gasteiger partial charge >= 0.3 is 0 Å². The summed E-state index contributed by atoms with van der Waals surface area (Å²) < 4.78 is 5.36. The maximum absolute atomic E-state index is 5.36. The Balaban J connectivity index is 2.52. The first-order valence-electron chi connectivity index (χ1n) is 6.67. The lowest BCUT2D eigenvalue weighted by molar-refractivity contribution is 0.154. The van der Waals surface area contributed by atoms with E-state index in [9.17, 15) is 0 Å². The third-order valence-electron chi connectivity index (χ3n) is 2.68. The van der Waals surface area contributed by atoms with E-state index in [1.54, 1.807) is 0 Å². The van der Waals surface area contributed by atoms with Crippen LogP contribution < -0.4 is 10.2 Å². The summed E-state index contributed by atoms with van der Waals surface area (Å²) in [6.07, 6.45) is 0. The number of hydrogen-bond acceptors (Lipinski definition) is 5. The molecule has 0 saturated heterocycles. The number of anilines is 1. The summed E-state index contributed by atoms with van der Waals surface area (Å²) in [7, 11) is 0. The van der Waals surface area contributed by atoms with Crippen molar-refractivity contribution >= 4 is 5.82 Å². The van der Waals surface area contributed by atoms with Crippen molar-refractivity contribution < 1.29 is 4.74 Å². The van der Waals surface area contributed by atoms with Gasteiger partial charge in [-0.05, 0) is 32.5 Å². The first-order valence-corrected chi connectivity index (χ1v) is 6.67. The van der Waals surface area contributed by atoms with Crippen molar-refractivity contribution in [2.45, 2.75) is 27.3 Å². The van der Waals surface area contributed by atoms with Crippen LogP contribution in [-0.2, 0) is 11.3 Å². The van der Waals surface area contributed by atoms with Crippen LogP contribution in [0.25, 0.3) is 0 Å². The molecule has 1 heterocycles. The predicted octanol–water partition coefficient (Wildman–Crippen LogP) is 1.45. The molecule has 0 amide bonds. The molecule has 1 N–H and O–H groups in total. The Bertz CT molecular complexity index is 315. The van der Waals surface area contributed by atoms with Crippen molar-refractivity contribution in [1.82, 2.24) is 15.5 Å². The van der Waals surface area contributed by atoms with Gasteiger partial charge in [-0.25, -0.2) is 0 Å². The normalized spacial score (nSPS) is 10.6. The Morgan fingerprint density at radius 2 is 2.06 bits per heavy atom. The predicted molar refractivity (Wildman–Crippen MR) is 73.8 cm³/mol. The molecule has 0 saturated carbocycles. The number of hydrogen-bond donors (Lipinski definition) is 1. The lowest BCUT2D eigenvalue weighted by Crippen LogP contribution is -2.28. The maximum Gasteiger partial charge on any atom is 0.151 e. The van der Waals surface area contributed by atoms with Crippen molar-refractivity contribution in [2.75, 3.05) is 37.7 Å². The van der Waals surface area contributed by atoms with Crippen LogP contribution in [0.2, 0.25) is 0 Å². The number of likely N-dealkylation sites (N-methyl/N-ethyl adjacent to an activating group) is 1. The molecular formula is C13H24N4O. The lowest BCUT2D eigenvalue weighted by Gasteiger charge is -2.21. The topological polar surface area (TPSA) is 50.3 Å². The maximum atomic E-state index is 5.36. The van der Waals surface area contributed by atoms with E-state index in [0.29, 0.717) is 0 Å². The van der Waals surface area contributed by atoms with E-state index in [1.165, 1.54) is 0 Å². The number of nitrogens with zero attached hydrogens (tertiary/aromatic N) is 3. The highest BCUT2D eigenvalue weighted by molar-refractivity contribution is 5.36. The summed E-state index contributed by atoms with van der Waals surface area (Å²) in [5.41, 5.74) is 0.974. The van der Waals surface area contributed by atoms with Gasteiger partial charge in [0.15, 0.2) is 5.82 Å². The molecule has 0 unspecified atom stereocenters. The van der Waals surface area contributed by atoms with Crippen LogP contribution in [0.5, 0.6) is 0 Å². The van der Waals surface area contributed by atoms with Gasteiger partial charge in [0.2, 0.25) is 0 Å². The quantitative estimate of drug-likeness (QED) is 0.674. The lowest BCUT2D eigenvalue weighted by atomic mass is 10.3. The molecule has 0 aromatic carbocycles. The highest BCUT2D eigenvalue weighted by Crippen LogP contribution is 2.08. The van der Waals surface area contributed by atoms with Crippen LogP contribution in [0.4, 0.5) is 5.82 Å². The van der Waals surface area contributed by atoms with E-state index in [0.717, 1.165) is 50.9 Å². The molecule has 1 aromatic rings. The van der Waals surface area contributed by atoms with Gasteiger partial charge < -0.3 is 15.0 Å². The molecule has 5 heteroatoms. The molecule has 0 bridgehead atoms. The minimum Gasteiger partial charge on any atom is -0.380 e. The summed E-state index contributed by atoms with van der Waals surface area (Å²) in [5.74, 6) is 0.914. The van der Waals surface area contributed by atoms with Crippen molar-refractivity contribution in [3.63, 3.8) is 0 Å². The summed E-state index contributed by atoms with van der Waals surface area (Å²) in [6.45, 7) is 11.2. The monoisotopic (exact) mass is 252 g/mol. The van der Waals surface area contributed by atoms with Gasteiger partial charge in [0.1, 0.15) is 0 Å².